The van der Waals surface area contributed by atoms with E-state index in [-0.39, 0.29) is 5.97 Å². The summed E-state index contributed by atoms with van der Waals surface area (Å²) in [5.41, 5.74) is 5.74. The van der Waals surface area contributed by atoms with Crippen molar-refractivity contribution < 1.29 is 29.0 Å². The first-order chi connectivity index (χ1) is 19.8. The van der Waals surface area contributed by atoms with E-state index in [0.29, 0.717) is 19.6 Å². The highest BCUT2D eigenvalue weighted by Gasteiger charge is 2.21. The minimum Gasteiger partial charge on any atom is -0.465 e. The predicted octanol–water partition coefficient (Wildman–Crippen LogP) is 8.68. The second kappa shape index (κ2) is 32.7. The van der Waals surface area contributed by atoms with Crippen LogP contribution in [0.15, 0.2) is 0 Å². The second-order valence-electron chi connectivity index (χ2n) is 11.2. The molecular formula is C33H66N2O6. The van der Waals surface area contributed by atoms with Crippen LogP contribution in [0.2, 0.25) is 0 Å². The zero-order valence-corrected chi connectivity index (χ0v) is 27.2. The van der Waals surface area contributed by atoms with Crippen molar-refractivity contribution in [1.82, 2.24) is 5.32 Å². The van der Waals surface area contributed by atoms with Crippen LogP contribution in [0, 0.1) is 0 Å². The van der Waals surface area contributed by atoms with Crippen LogP contribution in [0.25, 0.3) is 0 Å². The van der Waals surface area contributed by atoms with Gasteiger partial charge in [-0.25, -0.2) is 9.59 Å². The molecule has 0 aromatic heterocycles. The smallest absolute Gasteiger partial charge is 0.405 e. The first kappa shape index (κ1) is 41.3. The quantitative estimate of drug-likeness (QED) is 0.0648. The number of carbonyl (C=O) groups excluding carboxylic acids is 2. The molecule has 0 rings (SSSR count). The summed E-state index contributed by atoms with van der Waals surface area (Å²) in [7, 11) is 0. The fourth-order valence-electron chi connectivity index (χ4n) is 4.37. The fourth-order valence-corrected chi connectivity index (χ4v) is 4.37. The molecule has 4 N–H and O–H groups in total. The van der Waals surface area contributed by atoms with Crippen LogP contribution in [0.1, 0.15) is 169 Å². The number of amides is 1. The van der Waals surface area contributed by atoms with Crippen LogP contribution in [-0.2, 0) is 19.1 Å². The van der Waals surface area contributed by atoms with Gasteiger partial charge in [-0.05, 0) is 25.7 Å². The van der Waals surface area contributed by atoms with Gasteiger partial charge >= 0.3 is 18.0 Å². The van der Waals surface area contributed by atoms with Crippen molar-refractivity contribution in [2.75, 3.05) is 13.2 Å². The number of nitrogens with one attached hydrogen (secondary N) is 1. The summed E-state index contributed by atoms with van der Waals surface area (Å²) in [6, 6.07) is -1.15. The Morgan fingerprint density at radius 3 is 1.34 bits per heavy atom. The Morgan fingerprint density at radius 2 is 0.927 bits per heavy atom. The maximum atomic E-state index is 11.8. The number of esters is 2. The molecule has 8 nitrogen and oxygen atoms in total. The molecule has 0 aromatic rings. The van der Waals surface area contributed by atoms with E-state index < -0.39 is 24.1 Å². The van der Waals surface area contributed by atoms with Crippen LogP contribution < -0.4 is 11.1 Å². The first-order valence-corrected chi connectivity index (χ1v) is 16.9. The first-order valence-electron chi connectivity index (χ1n) is 16.9. The Hall–Kier alpha value is -1.83. The molecule has 1 amide bonds. The lowest BCUT2D eigenvalue weighted by molar-refractivity contribution is -0.146. The number of carbonyl (C=O) groups is 3. The van der Waals surface area contributed by atoms with Crippen LogP contribution in [0.4, 0.5) is 4.79 Å². The average molecular weight is 587 g/mol. The van der Waals surface area contributed by atoms with E-state index >= 15 is 0 Å². The van der Waals surface area contributed by atoms with Crippen LogP contribution in [0.5, 0.6) is 0 Å². The second-order valence-corrected chi connectivity index (χ2v) is 11.2. The van der Waals surface area contributed by atoms with Gasteiger partial charge in [0.25, 0.3) is 0 Å². The third-order valence-corrected chi connectivity index (χ3v) is 7.08. The number of carboxylic acid groups (broad SMARTS) is 1. The van der Waals surface area contributed by atoms with E-state index in [9.17, 15) is 14.4 Å². The Morgan fingerprint density at radius 1 is 0.561 bits per heavy atom. The lowest BCUT2D eigenvalue weighted by atomic mass is 10.1. The molecule has 0 radical (unpaired) electrons. The maximum absolute atomic E-state index is 11.8. The number of rotatable bonds is 27. The van der Waals surface area contributed by atoms with E-state index in [1.54, 1.807) is 0 Å². The molecule has 0 bridgehead atoms. The monoisotopic (exact) mass is 586 g/mol. The normalized spacial score (nSPS) is 12.1. The molecular weight excluding hydrogens is 520 g/mol. The summed E-state index contributed by atoms with van der Waals surface area (Å²) in [6.07, 6.45) is 23.4. The summed E-state index contributed by atoms with van der Waals surface area (Å²) in [5.74, 6) is -0.671. The van der Waals surface area contributed by atoms with Crippen LogP contribution in [0.3, 0.4) is 0 Å². The summed E-state index contributed by atoms with van der Waals surface area (Å²) in [4.78, 5) is 34.0. The van der Waals surface area contributed by atoms with Crippen molar-refractivity contribution in [3.63, 3.8) is 0 Å². The van der Waals surface area contributed by atoms with Gasteiger partial charge in [-0.15, -0.1) is 0 Å². The van der Waals surface area contributed by atoms with Crippen molar-refractivity contribution in [3.8, 4) is 0 Å². The topological polar surface area (TPSA) is 128 Å². The summed E-state index contributed by atoms with van der Waals surface area (Å²) >= 11 is 0. The van der Waals surface area contributed by atoms with Crippen molar-refractivity contribution in [2.45, 2.75) is 181 Å². The minimum absolute atomic E-state index is 0.226. The van der Waals surface area contributed by atoms with Gasteiger partial charge in [0.15, 0.2) is 0 Å². The molecule has 0 fully saturated rings. The lowest BCUT2D eigenvalue weighted by Crippen LogP contribution is -2.41. The molecule has 41 heavy (non-hydrogen) atoms. The van der Waals surface area contributed by atoms with Gasteiger partial charge in [-0.3, -0.25) is 4.79 Å². The number of nitrogens with two attached hydrogens (primary N) is 1. The van der Waals surface area contributed by atoms with Crippen molar-refractivity contribution in [3.05, 3.63) is 0 Å². The Balaban J connectivity index is 0. The molecule has 0 heterocycles. The van der Waals surface area contributed by atoms with Gasteiger partial charge in [0, 0.05) is 0 Å². The standard InChI is InChI=1S/C17H33NO4.C16H33NO2/c1-3-5-7-8-9-10-11-12-14-22-16(19)15(13-6-4-2)18-17(20)21;1-3-5-7-8-9-10-11-12-14-19-16(18)15(17)13-6-4-2/h15,18H,3-14H2,1-2H3,(H,20,21);15H,3-14,17H2,1-2H3. The Labute approximate surface area is 252 Å². The molecule has 0 aliphatic rings. The highest BCUT2D eigenvalue weighted by atomic mass is 16.5. The summed E-state index contributed by atoms with van der Waals surface area (Å²) < 4.78 is 10.4. The molecule has 0 aliphatic carbocycles. The highest BCUT2D eigenvalue weighted by molar-refractivity contribution is 5.80. The van der Waals surface area contributed by atoms with E-state index in [0.717, 1.165) is 57.8 Å². The van der Waals surface area contributed by atoms with E-state index in [2.05, 4.69) is 26.1 Å². The molecule has 8 heteroatoms. The van der Waals surface area contributed by atoms with Crippen molar-refractivity contribution >= 4 is 18.0 Å². The lowest BCUT2D eigenvalue weighted by Gasteiger charge is -2.15. The van der Waals surface area contributed by atoms with Gasteiger partial charge in [0.2, 0.25) is 0 Å². The number of hydrogen-bond donors (Lipinski definition) is 3. The van der Waals surface area contributed by atoms with Gasteiger partial charge in [-0.1, -0.05) is 143 Å². The summed E-state index contributed by atoms with van der Waals surface area (Å²) in [5, 5.41) is 11.0. The van der Waals surface area contributed by atoms with Gasteiger partial charge in [0.05, 0.1) is 13.2 Å². The van der Waals surface area contributed by atoms with Crippen LogP contribution >= 0.6 is 0 Å². The van der Waals surface area contributed by atoms with Crippen molar-refractivity contribution in [1.29, 1.82) is 0 Å². The van der Waals surface area contributed by atoms with E-state index in [4.69, 9.17) is 20.3 Å². The van der Waals surface area contributed by atoms with Crippen LogP contribution in [-0.4, -0.2) is 48.4 Å². The number of ether oxygens (including phenoxy) is 2. The van der Waals surface area contributed by atoms with E-state index in [1.807, 2.05) is 6.92 Å². The fraction of sp³-hybridized carbons (Fsp3) is 0.909. The third-order valence-electron chi connectivity index (χ3n) is 7.08. The Kier molecular flexibility index (Phi) is 32.9. The predicted molar refractivity (Wildman–Crippen MR) is 169 cm³/mol. The minimum atomic E-state index is -1.18. The number of unbranched alkanes of at least 4 members (excludes halogenated alkanes) is 16. The third kappa shape index (κ3) is 30.9. The summed E-state index contributed by atoms with van der Waals surface area (Å²) in [6.45, 7) is 9.47. The van der Waals surface area contributed by atoms with Crippen molar-refractivity contribution in [2.24, 2.45) is 5.73 Å². The highest BCUT2D eigenvalue weighted by Crippen LogP contribution is 2.10. The molecule has 0 saturated heterocycles. The number of hydrogen-bond acceptors (Lipinski definition) is 6. The molecule has 0 spiro atoms. The van der Waals surface area contributed by atoms with Gasteiger partial charge in [-0.2, -0.15) is 0 Å². The van der Waals surface area contributed by atoms with Gasteiger partial charge < -0.3 is 25.6 Å². The maximum Gasteiger partial charge on any atom is 0.405 e. The molecule has 2 atom stereocenters. The molecule has 0 saturated carbocycles. The molecule has 0 aromatic carbocycles. The zero-order valence-electron chi connectivity index (χ0n) is 27.2. The molecule has 2 unspecified atom stereocenters. The average Bonchev–Trinajstić information content (AvgIpc) is 2.96. The molecule has 0 aliphatic heterocycles. The zero-order chi connectivity index (χ0) is 31.0. The Bertz CT molecular complexity index is 602. The van der Waals surface area contributed by atoms with E-state index in [1.165, 1.54) is 77.0 Å². The molecule has 244 valence electrons. The van der Waals surface area contributed by atoms with Gasteiger partial charge in [0.1, 0.15) is 12.1 Å². The largest absolute Gasteiger partial charge is 0.465 e. The SMILES string of the molecule is CCCCCCCCCCOC(=O)C(CCCC)NC(=O)O.CCCCCCCCCCOC(=O)C(N)CCCC.